The molecule has 0 aliphatic carbocycles. The van der Waals surface area contributed by atoms with Crippen LogP contribution in [-0.4, -0.2) is 15.0 Å². The molecule has 45 heavy (non-hydrogen) atoms. The van der Waals surface area contributed by atoms with Crippen LogP contribution in [0.25, 0.3) is 22.6 Å². The van der Waals surface area contributed by atoms with Gasteiger partial charge in [-0.25, -0.2) is 0 Å². The van der Waals surface area contributed by atoms with Crippen molar-refractivity contribution in [3.8, 4) is 11.5 Å². The van der Waals surface area contributed by atoms with E-state index in [1.807, 2.05) is 24.3 Å². The molecular formula is C38H44CuN6. The van der Waals surface area contributed by atoms with Gasteiger partial charge in [0.25, 0.3) is 0 Å². The number of hydrogen-bond acceptors (Lipinski definition) is 5. The van der Waals surface area contributed by atoms with Gasteiger partial charge in [-0.3, -0.25) is 9.97 Å². The number of rotatable bonds is 7. The minimum Gasteiger partial charge on any atom is -0.479 e. The fourth-order valence-electron chi connectivity index (χ4n) is 5.67. The first-order chi connectivity index (χ1) is 21.2. The first kappa shape index (κ1) is 34.0. The number of imidazole rings is 1. The third-order valence-electron chi connectivity index (χ3n) is 7.96. The maximum atomic E-state index is 4.37. The van der Waals surface area contributed by atoms with Crippen LogP contribution in [0.4, 0.5) is 11.4 Å². The molecule has 0 amide bonds. The molecular weight excluding hydrogens is 604 g/mol. The van der Waals surface area contributed by atoms with Gasteiger partial charge >= 0.3 is 17.1 Å². The van der Waals surface area contributed by atoms with Crippen molar-refractivity contribution in [3.63, 3.8) is 0 Å². The molecule has 1 radical (unpaired) electrons. The molecule has 6 nitrogen and oxygen atoms in total. The smallest absolute Gasteiger partial charge is 0.479 e. The Bertz CT molecular complexity index is 1560. The van der Waals surface area contributed by atoms with Crippen LogP contribution in [-0.2, 0) is 17.1 Å². The van der Waals surface area contributed by atoms with Crippen LogP contribution >= 0.6 is 0 Å². The molecule has 0 N–H and O–H groups in total. The number of hydrogen-bond donors (Lipinski definition) is 0. The maximum Gasteiger partial charge on any atom is 2.00 e. The minimum absolute atomic E-state index is 0. The zero-order valence-corrected chi connectivity index (χ0v) is 28.5. The Hall–Kier alpha value is -3.93. The second-order valence-electron chi connectivity index (χ2n) is 12.5. The van der Waals surface area contributed by atoms with E-state index in [-0.39, 0.29) is 17.1 Å². The summed E-state index contributed by atoms with van der Waals surface area (Å²) in [7, 11) is 0. The maximum absolute atomic E-state index is 4.37. The van der Waals surface area contributed by atoms with Gasteiger partial charge in [-0.1, -0.05) is 116 Å². The molecule has 0 atom stereocenters. The molecule has 6 rings (SSSR count). The molecule has 5 aromatic rings. The monoisotopic (exact) mass is 647 g/mol. The number of anilines is 2. The number of benzene rings is 3. The average molecular weight is 648 g/mol. The summed E-state index contributed by atoms with van der Waals surface area (Å²) < 4.78 is 0. The summed E-state index contributed by atoms with van der Waals surface area (Å²) in [6, 6.07) is 21.3. The van der Waals surface area contributed by atoms with Gasteiger partial charge in [0.05, 0.1) is 11.9 Å². The summed E-state index contributed by atoms with van der Waals surface area (Å²) in [5, 5.41) is 0. The number of fused-ring (bicyclic) bond motifs is 1. The summed E-state index contributed by atoms with van der Waals surface area (Å²) in [6.07, 6.45) is 9.36. The third kappa shape index (κ3) is 7.49. The van der Waals surface area contributed by atoms with Gasteiger partial charge in [-0.2, -0.15) is 0 Å². The summed E-state index contributed by atoms with van der Waals surface area (Å²) >= 11 is 0. The molecule has 237 valence electrons. The van der Waals surface area contributed by atoms with Gasteiger partial charge < -0.3 is 19.8 Å². The predicted octanol–water partition coefficient (Wildman–Crippen LogP) is 9.74. The first-order valence-electron chi connectivity index (χ1n) is 15.7. The van der Waals surface area contributed by atoms with Gasteiger partial charge in [0.2, 0.25) is 0 Å². The normalized spacial score (nSPS) is 12.8. The van der Waals surface area contributed by atoms with E-state index >= 15 is 0 Å². The average Bonchev–Trinajstić information content (AvgIpc) is 3.69. The van der Waals surface area contributed by atoms with Crippen LogP contribution < -0.4 is 14.8 Å². The Morgan fingerprint density at radius 1 is 0.622 bits per heavy atom. The Morgan fingerprint density at radius 2 is 1.11 bits per heavy atom. The van der Waals surface area contributed by atoms with E-state index in [2.05, 4.69) is 141 Å². The van der Waals surface area contributed by atoms with Gasteiger partial charge in [-0.15, -0.1) is 6.67 Å². The second kappa shape index (κ2) is 14.9. The number of nitrogens with zero attached hydrogens (tertiary/aromatic N) is 6. The Labute approximate surface area is 279 Å². The van der Waals surface area contributed by atoms with Crippen molar-refractivity contribution < 1.29 is 17.1 Å². The molecule has 0 bridgehead atoms. The van der Waals surface area contributed by atoms with E-state index in [1.165, 1.54) is 33.6 Å². The fraction of sp³-hybridized carbons (Fsp3) is 0.316. The van der Waals surface area contributed by atoms with Crippen molar-refractivity contribution in [2.75, 3.05) is 9.80 Å². The van der Waals surface area contributed by atoms with E-state index in [0.29, 0.717) is 35.2 Å². The summed E-state index contributed by atoms with van der Waals surface area (Å²) in [5.41, 5.74) is 10.8. The second-order valence-corrected chi connectivity index (χ2v) is 12.5. The van der Waals surface area contributed by atoms with Crippen molar-refractivity contribution in [2.45, 2.75) is 79.1 Å². The van der Waals surface area contributed by atoms with Crippen LogP contribution in [0.1, 0.15) is 101 Å². The Balaban J connectivity index is 0.000000240. The molecule has 3 heterocycles. The van der Waals surface area contributed by atoms with Crippen LogP contribution in [0.2, 0.25) is 0 Å². The van der Waals surface area contributed by atoms with Crippen LogP contribution in [0.15, 0.2) is 91.7 Å². The summed E-state index contributed by atoms with van der Waals surface area (Å²) in [4.78, 5) is 21.5. The van der Waals surface area contributed by atoms with E-state index in [9.17, 15) is 0 Å². The number of para-hydroxylation sites is 4. The van der Waals surface area contributed by atoms with Crippen molar-refractivity contribution in [2.24, 2.45) is 0 Å². The molecule has 0 fully saturated rings. The molecule has 0 spiro atoms. The molecule has 2 aromatic heterocycles. The summed E-state index contributed by atoms with van der Waals surface area (Å²) in [5.74, 6) is 2.55. The van der Waals surface area contributed by atoms with Crippen molar-refractivity contribution in [3.05, 3.63) is 121 Å². The molecule has 1 aliphatic rings. The third-order valence-corrected chi connectivity index (χ3v) is 7.96. The van der Waals surface area contributed by atoms with E-state index in [4.69, 9.17) is 0 Å². The predicted molar refractivity (Wildman–Crippen MR) is 184 cm³/mol. The van der Waals surface area contributed by atoms with E-state index in [0.717, 1.165) is 11.0 Å². The quantitative estimate of drug-likeness (QED) is 0.129. The van der Waals surface area contributed by atoms with Crippen LogP contribution in [0.5, 0.6) is 0 Å². The molecule has 0 saturated carbocycles. The summed E-state index contributed by atoms with van der Waals surface area (Å²) in [6.45, 7) is 20.5. The topological polar surface area (TPSA) is 59.2 Å². The minimum atomic E-state index is 0. The molecule has 0 saturated heterocycles. The van der Waals surface area contributed by atoms with Gasteiger partial charge in [0.1, 0.15) is 0 Å². The van der Waals surface area contributed by atoms with Crippen LogP contribution in [0.3, 0.4) is 0 Å². The van der Waals surface area contributed by atoms with Crippen molar-refractivity contribution >= 4 is 22.4 Å². The zero-order chi connectivity index (χ0) is 31.4. The largest absolute Gasteiger partial charge is 2.00 e. The van der Waals surface area contributed by atoms with Gasteiger partial charge in [0, 0.05) is 23.8 Å². The van der Waals surface area contributed by atoms with Gasteiger partial charge in [-0.05, 0) is 75.2 Å². The molecule has 7 heteroatoms. The van der Waals surface area contributed by atoms with Crippen molar-refractivity contribution in [1.82, 2.24) is 19.9 Å². The fourth-order valence-corrected chi connectivity index (χ4v) is 5.67. The van der Waals surface area contributed by atoms with Gasteiger partial charge in [0.15, 0.2) is 0 Å². The van der Waals surface area contributed by atoms with E-state index < -0.39 is 0 Å². The molecule has 3 aromatic carbocycles. The van der Waals surface area contributed by atoms with E-state index in [1.54, 1.807) is 18.6 Å². The van der Waals surface area contributed by atoms with Crippen LogP contribution in [0, 0.1) is 6.67 Å². The Kier molecular flexibility index (Phi) is 11.2. The first-order valence-corrected chi connectivity index (χ1v) is 15.7. The standard InChI is InChI=1S/C27H37N2.C11H7N4.Cu/c1-18(2)22-11-9-12-23(19(3)4)26(22)28-15-16-29(17-28)27-24(20(5)6)13-10-14-25(27)21(7)8;1-2-4-9-8(3-1)14-11(15-9)10-7-12-5-6-13-10;/h9-21H,1-8H3;1-7H;/q2*-1;+2. The SMILES string of the molecule is CC(C)c1cccc(C(C)C)c1N1C=CN(c2c(C(C)C)cccc2C(C)C)[CH-]1.[Cu+2].c1ccc2[n-]c(-c3cnccn3)nc2c1. The Morgan fingerprint density at radius 3 is 1.53 bits per heavy atom. The molecule has 1 aliphatic heterocycles. The van der Waals surface area contributed by atoms with Crippen molar-refractivity contribution in [1.29, 1.82) is 0 Å². The zero-order valence-electron chi connectivity index (χ0n) is 27.5. The molecule has 0 unspecified atom stereocenters. The number of aromatic nitrogens is 4.